The lowest BCUT2D eigenvalue weighted by atomic mass is 10.1. The van der Waals surface area contributed by atoms with Gasteiger partial charge in [0.25, 0.3) is 0 Å². The van der Waals surface area contributed by atoms with Crippen molar-refractivity contribution in [2.24, 2.45) is 0 Å². The average Bonchev–Trinajstić information content (AvgIpc) is 2.39. The molecule has 1 atom stereocenters. The Bertz CT molecular complexity index is 411. The summed E-state index contributed by atoms with van der Waals surface area (Å²) in [7, 11) is 1.92. The lowest BCUT2D eigenvalue weighted by molar-refractivity contribution is -0.122. The predicted octanol–water partition coefficient (Wildman–Crippen LogP) is 1.71. The molecule has 0 heterocycles. The summed E-state index contributed by atoms with van der Waals surface area (Å²) in [4.78, 5) is 13.6. The lowest BCUT2D eigenvalue weighted by Crippen LogP contribution is -2.36. The van der Waals surface area contributed by atoms with E-state index in [1.165, 1.54) is 5.56 Å². The summed E-state index contributed by atoms with van der Waals surface area (Å²) in [5.41, 5.74) is 1.19. The third kappa shape index (κ3) is 4.56. The van der Waals surface area contributed by atoms with Crippen LogP contribution in [0.15, 0.2) is 30.3 Å². The van der Waals surface area contributed by atoms with Crippen LogP contribution in [-0.2, 0) is 4.79 Å². The normalized spacial score (nSPS) is 11.9. The van der Waals surface area contributed by atoms with Gasteiger partial charge in [0.2, 0.25) is 5.91 Å². The molecule has 0 aliphatic carbocycles. The van der Waals surface area contributed by atoms with Gasteiger partial charge in [-0.2, -0.15) is 5.26 Å². The quantitative estimate of drug-likeness (QED) is 0.776. The molecule has 1 aromatic carbocycles. The van der Waals surface area contributed by atoms with Crippen molar-refractivity contribution in [1.82, 2.24) is 10.2 Å². The van der Waals surface area contributed by atoms with Crippen LogP contribution in [0.4, 0.5) is 0 Å². The molecule has 0 fully saturated rings. The van der Waals surface area contributed by atoms with Crippen LogP contribution in [0.2, 0.25) is 0 Å². The number of benzene rings is 1. The molecule has 1 N–H and O–H groups in total. The highest BCUT2D eigenvalue weighted by Gasteiger charge is 2.14. The first-order chi connectivity index (χ1) is 8.65. The minimum atomic E-state index is -0.0458. The number of likely N-dealkylation sites (N-methyl/N-ethyl adjacent to an activating group) is 1. The predicted molar refractivity (Wildman–Crippen MR) is 70.7 cm³/mol. The number of carbonyl (C=O) groups excluding carboxylic acids is 1. The first-order valence-corrected chi connectivity index (χ1v) is 6.04. The molecule has 4 heteroatoms. The minimum absolute atomic E-state index is 0.0458. The summed E-state index contributed by atoms with van der Waals surface area (Å²) in [5.74, 6) is -0.0458. The number of nitrogens with one attached hydrogen (secondary N) is 1. The van der Waals surface area contributed by atoms with Gasteiger partial charge in [0.15, 0.2) is 0 Å². The molecule has 0 radical (unpaired) electrons. The summed E-state index contributed by atoms with van der Waals surface area (Å²) in [6, 6.07) is 12.2. The monoisotopic (exact) mass is 245 g/mol. The van der Waals surface area contributed by atoms with E-state index in [0.29, 0.717) is 19.5 Å². The van der Waals surface area contributed by atoms with Gasteiger partial charge in [-0.1, -0.05) is 30.3 Å². The van der Waals surface area contributed by atoms with E-state index in [1.807, 2.05) is 36.2 Å². The SMILES string of the molecule is C[C@@H](c1ccccc1)N(C)CC(=O)NCCC#N. The van der Waals surface area contributed by atoms with E-state index in [2.05, 4.69) is 24.4 Å². The number of carbonyl (C=O) groups is 1. The molecule has 1 amide bonds. The summed E-state index contributed by atoms with van der Waals surface area (Å²) in [6.07, 6.45) is 0.351. The maximum Gasteiger partial charge on any atom is 0.234 e. The van der Waals surface area contributed by atoms with Gasteiger partial charge in [-0.05, 0) is 19.5 Å². The summed E-state index contributed by atoms with van der Waals surface area (Å²) >= 11 is 0. The van der Waals surface area contributed by atoms with Crippen molar-refractivity contribution < 1.29 is 4.79 Å². The van der Waals surface area contributed by atoms with Gasteiger partial charge in [0, 0.05) is 12.6 Å². The number of hydrogen-bond donors (Lipinski definition) is 1. The highest BCUT2D eigenvalue weighted by molar-refractivity contribution is 5.78. The fourth-order valence-electron chi connectivity index (χ4n) is 1.66. The number of hydrogen-bond acceptors (Lipinski definition) is 3. The molecule has 0 aliphatic rings. The molecule has 96 valence electrons. The molecule has 1 aromatic rings. The number of rotatable bonds is 6. The Morgan fingerprint density at radius 3 is 2.72 bits per heavy atom. The topological polar surface area (TPSA) is 56.1 Å². The number of nitrogens with zero attached hydrogens (tertiary/aromatic N) is 2. The first kappa shape index (κ1) is 14.2. The molecular weight excluding hydrogens is 226 g/mol. The molecule has 0 spiro atoms. The van der Waals surface area contributed by atoms with E-state index in [9.17, 15) is 4.79 Å². The van der Waals surface area contributed by atoms with Gasteiger partial charge in [-0.25, -0.2) is 0 Å². The van der Waals surface area contributed by atoms with Gasteiger partial charge in [0.1, 0.15) is 0 Å². The van der Waals surface area contributed by atoms with Crippen LogP contribution in [0.5, 0.6) is 0 Å². The lowest BCUT2D eigenvalue weighted by Gasteiger charge is -2.24. The van der Waals surface area contributed by atoms with Crippen LogP contribution in [-0.4, -0.2) is 30.9 Å². The highest BCUT2D eigenvalue weighted by atomic mass is 16.2. The van der Waals surface area contributed by atoms with Crippen LogP contribution in [0.1, 0.15) is 24.9 Å². The molecule has 1 rings (SSSR count). The smallest absolute Gasteiger partial charge is 0.234 e. The second-order valence-electron chi connectivity index (χ2n) is 4.26. The molecule has 4 nitrogen and oxygen atoms in total. The zero-order valence-electron chi connectivity index (χ0n) is 10.9. The molecule has 0 aromatic heterocycles. The van der Waals surface area contributed by atoms with Crippen molar-refractivity contribution in [3.8, 4) is 6.07 Å². The van der Waals surface area contributed by atoms with Crippen LogP contribution in [0.3, 0.4) is 0 Å². The second-order valence-corrected chi connectivity index (χ2v) is 4.26. The van der Waals surface area contributed by atoms with Crippen LogP contribution in [0, 0.1) is 11.3 Å². The van der Waals surface area contributed by atoms with Crippen molar-refractivity contribution >= 4 is 5.91 Å². The van der Waals surface area contributed by atoms with Crippen molar-refractivity contribution in [2.45, 2.75) is 19.4 Å². The average molecular weight is 245 g/mol. The van der Waals surface area contributed by atoms with Gasteiger partial charge in [-0.3, -0.25) is 9.69 Å². The van der Waals surface area contributed by atoms with E-state index >= 15 is 0 Å². The second kappa shape index (κ2) is 7.46. The number of nitriles is 1. The molecule has 0 saturated carbocycles. The summed E-state index contributed by atoms with van der Waals surface area (Å²) < 4.78 is 0. The molecule has 0 aliphatic heterocycles. The van der Waals surface area contributed by atoms with Gasteiger partial charge < -0.3 is 5.32 Å². The zero-order valence-corrected chi connectivity index (χ0v) is 10.9. The van der Waals surface area contributed by atoms with Crippen molar-refractivity contribution in [1.29, 1.82) is 5.26 Å². The Hall–Kier alpha value is -1.86. The third-order valence-corrected chi connectivity index (χ3v) is 2.90. The molecule has 0 bridgehead atoms. The van der Waals surface area contributed by atoms with Crippen molar-refractivity contribution in [3.63, 3.8) is 0 Å². The molecule has 0 unspecified atom stereocenters. The Balaban J connectivity index is 2.43. The maximum atomic E-state index is 11.6. The van der Waals surface area contributed by atoms with Gasteiger partial charge in [0.05, 0.1) is 19.0 Å². The first-order valence-electron chi connectivity index (χ1n) is 6.04. The summed E-state index contributed by atoms with van der Waals surface area (Å²) in [5, 5.41) is 11.1. The highest BCUT2D eigenvalue weighted by Crippen LogP contribution is 2.17. The van der Waals surface area contributed by atoms with Crippen LogP contribution in [0.25, 0.3) is 0 Å². The van der Waals surface area contributed by atoms with E-state index in [0.717, 1.165) is 0 Å². The van der Waals surface area contributed by atoms with E-state index in [4.69, 9.17) is 5.26 Å². The van der Waals surface area contributed by atoms with Gasteiger partial charge in [-0.15, -0.1) is 0 Å². The Labute approximate surface area is 108 Å². The van der Waals surface area contributed by atoms with E-state index in [-0.39, 0.29) is 11.9 Å². The molecular formula is C14H19N3O. The number of amides is 1. The largest absolute Gasteiger partial charge is 0.354 e. The maximum absolute atomic E-state index is 11.6. The van der Waals surface area contributed by atoms with Crippen LogP contribution >= 0.6 is 0 Å². The fraction of sp³-hybridized carbons (Fsp3) is 0.429. The Morgan fingerprint density at radius 1 is 1.44 bits per heavy atom. The summed E-state index contributed by atoms with van der Waals surface area (Å²) in [6.45, 7) is 2.82. The van der Waals surface area contributed by atoms with Gasteiger partial charge >= 0.3 is 0 Å². The van der Waals surface area contributed by atoms with Crippen molar-refractivity contribution in [2.75, 3.05) is 20.1 Å². The van der Waals surface area contributed by atoms with E-state index in [1.54, 1.807) is 0 Å². The molecule has 0 saturated heterocycles. The van der Waals surface area contributed by atoms with Crippen LogP contribution < -0.4 is 5.32 Å². The minimum Gasteiger partial charge on any atom is -0.354 e. The van der Waals surface area contributed by atoms with Crippen molar-refractivity contribution in [3.05, 3.63) is 35.9 Å². The van der Waals surface area contributed by atoms with E-state index < -0.39 is 0 Å². The fourth-order valence-corrected chi connectivity index (χ4v) is 1.66. The zero-order chi connectivity index (χ0) is 13.4. The Kier molecular flexibility index (Phi) is 5.89. The third-order valence-electron chi connectivity index (χ3n) is 2.90. The Morgan fingerprint density at radius 2 is 2.11 bits per heavy atom. The molecule has 18 heavy (non-hydrogen) atoms. The standard InChI is InChI=1S/C14H19N3O/c1-12(13-7-4-3-5-8-13)17(2)11-14(18)16-10-6-9-15/h3-5,7-8,12H,6,10-11H2,1-2H3,(H,16,18)/t12-/m0/s1.